The van der Waals surface area contributed by atoms with Gasteiger partial charge in [-0.15, -0.1) is 0 Å². The molecule has 0 radical (unpaired) electrons. The van der Waals surface area contributed by atoms with Crippen molar-refractivity contribution in [2.45, 2.75) is 26.4 Å². The Hall–Kier alpha value is -1.36. The molecule has 5 nitrogen and oxygen atoms in total. The zero-order chi connectivity index (χ0) is 13.2. The molecular weight excluding hydrogens is 228 g/mol. The lowest BCUT2D eigenvalue weighted by Gasteiger charge is -2.38. The van der Waals surface area contributed by atoms with Crippen molar-refractivity contribution in [2.24, 2.45) is 5.41 Å². The molecule has 100 valence electrons. The third-order valence-corrected chi connectivity index (χ3v) is 3.32. The van der Waals surface area contributed by atoms with E-state index >= 15 is 0 Å². The van der Waals surface area contributed by atoms with Gasteiger partial charge < -0.3 is 15.0 Å². The lowest BCUT2D eigenvalue weighted by Crippen LogP contribution is -2.48. The topological polar surface area (TPSA) is 50.3 Å². The quantitative estimate of drug-likeness (QED) is 0.876. The van der Waals surface area contributed by atoms with Crippen molar-refractivity contribution in [3.8, 4) is 5.88 Å². The Bertz CT molecular complexity index is 406. The molecule has 1 unspecified atom stereocenters. The van der Waals surface area contributed by atoms with Crippen molar-refractivity contribution in [1.82, 2.24) is 15.3 Å². The van der Waals surface area contributed by atoms with E-state index in [4.69, 9.17) is 4.74 Å². The number of aromatic nitrogens is 2. The van der Waals surface area contributed by atoms with Crippen LogP contribution in [0.25, 0.3) is 0 Å². The van der Waals surface area contributed by atoms with Crippen molar-refractivity contribution in [3.05, 3.63) is 12.3 Å². The first-order valence-electron chi connectivity index (χ1n) is 6.37. The Balaban J connectivity index is 2.11. The summed E-state index contributed by atoms with van der Waals surface area (Å²) >= 11 is 0. The summed E-state index contributed by atoms with van der Waals surface area (Å²) in [6, 6.07) is 1.82. The SMILES string of the molecule is CN(C)c1nccc(OC2CCNCC2(C)C)n1. The van der Waals surface area contributed by atoms with E-state index in [1.54, 1.807) is 6.20 Å². The number of nitrogens with zero attached hydrogens (tertiary/aromatic N) is 3. The van der Waals surface area contributed by atoms with Crippen molar-refractivity contribution in [2.75, 3.05) is 32.1 Å². The van der Waals surface area contributed by atoms with E-state index in [0.717, 1.165) is 19.5 Å². The van der Waals surface area contributed by atoms with Crippen LogP contribution in [-0.2, 0) is 0 Å². The molecule has 5 heteroatoms. The van der Waals surface area contributed by atoms with E-state index in [2.05, 4.69) is 29.1 Å². The average molecular weight is 250 g/mol. The first kappa shape index (κ1) is 13.1. The second kappa shape index (κ2) is 5.10. The zero-order valence-corrected chi connectivity index (χ0v) is 11.6. The highest BCUT2D eigenvalue weighted by Gasteiger charge is 2.34. The zero-order valence-electron chi connectivity index (χ0n) is 11.6. The third kappa shape index (κ3) is 2.90. The molecule has 1 saturated heterocycles. The van der Waals surface area contributed by atoms with Gasteiger partial charge in [0.1, 0.15) is 6.10 Å². The summed E-state index contributed by atoms with van der Waals surface area (Å²) in [6.45, 7) is 6.42. The van der Waals surface area contributed by atoms with E-state index in [1.165, 1.54) is 0 Å². The first-order valence-corrected chi connectivity index (χ1v) is 6.37. The van der Waals surface area contributed by atoms with Crippen molar-refractivity contribution >= 4 is 5.95 Å². The highest BCUT2D eigenvalue weighted by atomic mass is 16.5. The fourth-order valence-corrected chi connectivity index (χ4v) is 2.13. The number of rotatable bonds is 3. The minimum atomic E-state index is 0.126. The molecule has 0 spiro atoms. The van der Waals surface area contributed by atoms with Gasteiger partial charge in [-0.2, -0.15) is 4.98 Å². The lowest BCUT2D eigenvalue weighted by molar-refractivity contribution is 0.0414. The highest BCUT2D eigenvalue weighted by Crippen LogP contribution is 2.28. The van der Waals surface area contributed by atoms with Gasteiger partial charge in [0.15, 0.2) is 0 Å². The molecule has 1 aliphatic heterocycles. The summed E-state index contributed by atoms with van der Waals surface area (Å²) in [5.74, 6) is 1.34. The molecule has 1 atom stereocenters. The van der Waals surface area contributed by atoms with Crippen LogP contribution in [0.15, 0.2) is 12.3 Å². The Morgan fingerprint density at radius 1 is 1.44 bits per heavy atom. The van der Waals surface area contributed by atoms with Crippen LogP contribution in [0.3, 0.4) is 0 Å². The summed E-state index contributed by atoms with van der Waals surface area (Å²) in [5, 5.41) is 3.40. The fraction of sp³-hybridized carbons (Fsp3) is 0.692. The van der Waals surface area contributed by atoms with Gasteiger partial charge in [-0.25, -0.2) is 4.98 Å². The predicted octanol–water partition coefficient (Wildman–Crippen LogP) is 1.31. The number of piperidine rings is 1. The van der Waals surface area contributed by atoms with Gasteiger partial charge in [0.2, 0.25) is 11.8 Å². The van der Waals surface area contributed by atoms with Crippen LogP contribution >= 0.6 is 0 Å². The normalized spacial score (nSPS) is 22.6. The summed E-state index contributed by atoms with van der Waals surface area (Å²) in [5.41, 5.74) is 0.126. The van der Waals surface area contributed by atoms with Crippen molar-refractivity contribution < 1.29 is 4.74 Å². The third-order valence-electron chi connectivity index (χ3n) is 3.32. The van der Waals surface area contributed by atoms with Gasteiger partial charge in [0, 0.05) is 38.3 Å². The molecule has 0 amide bonds. The molecule has 1 N–H and O–H groups in total. The van der Waals surface area contributed by atoms with Gasteiger partial charge in [-0.3, -0.25) is 0 Å². The number of nitrogens with one attached hydrogen (secondary N) is 1. The first-order chi connectivity index (χ1) is 8.49. The molecule has 1 aromatic heterocycles. The maximum Gasteiger partial charge on any atom is 0.228 e. The van der Waals surface area contributed by atoms with E-state index in [9.17, 15) is 0 Å². The predicted molar refractivity (Wildman–Crippen MR) is 72.0 cm³/mol. The highest BCUT2D eigenvalue weighted by molar-refractivity contribution is 5.29. The van der Waals surface area contributed by atoms with Gasteiger partial charge >= 0.3 is 0 Å². The summed E-state index contributed by atoms with van der Waals surface area (Å²) in [6.07, 6.45) is 2.95. The molecular formula is C13H22N4O. The van der Waals surface area contributed by atoms with Crippen LogP contribution in [0.4, 0.5) is 5.95 Å². The molecule has 18 heavy (non-hydrogen) atoms. The number of anilines is 1. The van der Waals surface area contributed by atoms with Gasteiger partial charge in [0.25, 0.3) is 0 Å². The van der Waals surface area contributed by atoms with Gasteiger partial charge in [-0.05, 0) is 13.0 Å². The van der Waals surface area contributed by atoms with Crippen LogP contribution in [0.1, 0.15) is 20.3 Å². The fourth-order valence-electron chi connectivity index (χ4n) is 2.13. The van der Waals surface area contributed by atoms with Gasteiger partial charge in [-0.1, -0.05) is 13.8 Å². The molecule has 2 heterocycles. The molecule has 1 aliphatic rings. The van der Waals surface area contributed by atoms with E-state index in [1.807, 2.05) is 25.1 Å². The second-order valence-corrected chi connectivity index (χ2v) is 5.65. The Labute approximate surface area is 109 Å². The van der Waals surface area contributed by atoms with E-state index < -0.39 is 0 Å². The maximum absolute atomic E-state index is 6.04. The second-order valence-electron chi connectivity index (χ2n) is 5.65. The van der Waals surface area contributed by atoms with E-state index in [-0.39, 0.29) is 11.5 Å². The summed E-state index contributed by atoms with van der Waals surface area (Å²) in [4.78, 5) is 10.5. The number of hydrogen-bond donors (Lipinski definition) is 1. The Morgan fingerprint density at radius 3 is 2.89 bits per heavy atom. The van der Waals surface area contributed by atoms with Crippen molar-refractivity contribution in [3.63, 3.8) is 0 Å². The van der Waals surface area contributed by atoms with Crippen LogP contribution in [0, 0.1) is 5.41 Å². The molecule has 0 bridgehead atoms. The molecule has 0 aliphatic carbocycles. The standard InChI is InChI=1S/C13H22N4O/c1-13(2)9-14-7-5-10(13)18-11-6-8-15-12(16-11)17(3)4/h6,8,10,14H,5,7,9H2,1-4H3. The summed E-state index contributed by atoms with van der Waals surface area (Å²) in [7, 11) is 3.85. The van der Waals surface area contributed by atoms with Crippen LogP contribution in [0.5, 0.6) is 5.88 Å². The number of ether oxygens (including phenoxy) is 1. The van der Waals surface area contributed by atoms with Crippen LogP contribution in [-0.4, -0.2) is 43.3 Å². The van der Waals surface area contributed by atoms with Gasteiger partial charge in [0.05, 0.1) is 0 Å². The average Bonchev–Trinajstić information content (AvgIpc) is 2.32. The van der Waals surface area contributed by atoms with E-state index in [0.29, 0.717) is 11.8 Å². The maximum atomic E-state index is 6.04. The minimum Gasteiger partial charge on any atom is -0.474 e. The molecule has 1 aromatic rings. The molecule has 0 aromatic carbocycles. The smallest absolute Gasteiger partial charge is 0.228 e. The Kier molecular flexibility index (Phi) is 3.71. The lowest BCUT2D eigenvalue weighted by atomic mass is 9.82. The van der Waals surface area contributed by atoms with Crippen LogP contribution in [0.2, 0.25) is 0 Å². The molecule has 0 saturated carbocycles. The minimum absolute atomic E-state index is 0.126. The molecule has 2 rings (SSSR count). The monoisotopic (exact) mass is 250 g/mol. The molecule has 1 fully saturated rings. The summed E-state index contributed by atoms with van der Waals surface area (Å²) < 4.78 is 6.04. The Morgan fingerprint density at radius 2 is 2.22 bits per heavy atom. The van der Waals surface area contributed by atoms with Crippen molar-refractivity contribution in [1.29, 1.82) is 0 Å². The van der Waals surface area contributed by atoms with Crippen LogP contribution < -0.4 is 15.0 Å². The largest absolute Gasteiger partial charge is 0.474 e. The number of hydrogen-bond acceptors (Lipinski definition) is 5.